The SMILES string of the molecule is CC(c1ccc(F)cc1)N(C)C(=O)Nc1ccc(F)cc1. The van der Waals surface area contributed by atoms with Crippen LogP contribution in [0.5, 0.6) is 0 Å². The van der Waals surface area contributed by atoms with E-state index < -0.39 is 0 Å². The number of hydrogen-bond acceptors (Lipinski definition) is 1. The van der Waals surface area contributed by atoms with Gasteiger partial charge in [-0.25, -0.2) is 13.6 Å². The monoisotopic (exact) mass is 290 g/mol. The van der Waals surface area contributed by atoms with Crippen LogP contribution >= 0.6 is 0 Å². The first kappa shape index (κ1) is 15.0. The minimum atomic E-state index is -0.360. The molecule has 5 heteroatoms. The van der Waals surface area contributed by atoms with Crippen molar-refractivity contribution < 1.29 is 13.6 Å². The first-order valence-corrected chi connectivity index (χ1v) is 6.52. The zero-order valence-corrected chi connectivity index (χ0v) is 11.8. The molecule has 0 saturated heterocycles. The van der Waals surface area contributed by atoms with Crippen molar-refractivity contribution in [2.24, 2.45) is 0 Å². The molecule has 1 unspecified atom stereocenters. The Morgan fingerprint density at radius 2 is 1.48 bits per heavy atom. The van der Waals surface area contributed by atoms with E-state index in [2.05, 4.69) is 5.32 Å². The number of nitrogens with zero attached hydrogens (tertiary/aromatic N) is 1. The minimum absolute atomic E-state index is 0.217. The van der Waals surface area contributed by atoms with E-state index in [-0.39, 0.29) is 23.7 Å². The predicted molar refractivity (Wildman–Crippen MR) is 78.0 cm³/mol. The van der Waals surface area contributed by atoms with Gasteiger partial charge in [0.25, 0.3) is 0 Å². The van der Waals surface area contributed by atoms with Crippen molar-refractivity contribution >= 4 is 11.7 Å². The average Bonchev–Trinajstić information content (AvgIpc) is 2.49. The molecular weight excluding hydrogens is 274 g/mol. The fourth-order valence-corrected chi connectivity index (χ4v) is 1.89. The van der Waals surface area contributed by atoms with E-state index in [0.29, 0.717) is 5.69 Å². The molecule has 0 aliphatic rings. The van der Waals surface area contributed by atoms with Gasteiger partial charge in [0.2, 0.25) is 0 Å². The smallest absolute Gasteiger partial charge is 0.321 e. The summed E-state index contributed by atoms with van der Waals surface area (Å²) in [5.41, 5.74) is 1.34. The third-order valence-corrected chi connectivity index (χ3v) is 3.35. The van der Waals surface area contributed by atoms with E-state index in [4.69, 9.17) is 0 Å². The van der Waals surface area contributed by atoms with Crippen molar-refractivity contribution in [2.75, 3.05) is 12.4 Å². The number of anilines is 1. The Hall–Kier alpha value is -2.43. The summed E-state index contributed by atoms with van der Waals surface area (Å²) < 4.78 is 25.7. The predicted octanol–water partition coefficient (Wildman–Crippen LogP) is 4.19. The van der Waals surface area contributed by atoms with Gasteiger partial charge in [0, 0.05) is 12.7 Å². The standard InChI is InChI=1S/C16H16F2N2O/c1-11(12-3-5-13(17)6-4-12)20(2)16(21)19-15-9-7-14(18)8-10-15/h3-11H,1-2H3,(H,19,21). The van der Waals surface area contributed by atoms with Crippen molar-refractivity contribution in [3.05, 3.63) is 65.7 Å². The van der Waals surface area contributed by atoms with Crippen LogP contribution < -0.4 is 5.32 Å². The zero-order chi connectivity index (χ0) is 15.4. The maximum atomic E-state index is 12.9. The Balaban J connectivity index is 2.04. The second-order valence-corrected chi connectivity index (χ2v) is 4.78. The van der Waals surface area contributed by atoms with E-state index in [0.717, 1.165) is 5.56 Å². The fourth-order valence-electron chi connectivity index (χ4n) is 1.89. The lowest BCUT2D eigenvalue weighted by molar-refractivity contribution is 0.208. The highest BCUT2D eigenvalue weighted by Crippen LogP contribution is 2.20. The van der Waals surface area contributed by atoms with Crippen molar-refractivity contribution in [1.29, 1.82) is 0 Å². The van der Waals surface area contributed by atoms with Gasteiger partial charge < -0.3 is 10.2 Å². The minimum Gasteiger partial charge on any atom is -0.321 e. The summed E-state index contributed by atoms with van der Waals surface area (Å²) in [6.45, 7) is 1.84. The highest BCUT2D eigenvalue weighted by Gasteiger charge is 2.17. The van der Waals surface area contributed by atoms with Crippen LogP contribution in [0.15, 0.2) is 48.5 Å². The lowest BCUT2D eigenvalue weighted by atomic mass is 10.1. The Bertz CT molecular complexity index is 611. The topological polar surface area (TPSA) is 32.3 Å². The van der Waals surface area contributed by atoms with Gasteiger partial charge in [-0.3, -0.25) is 0 Å². The highest BCUT2D eigenvalue weighted by atomic mass is 19.1. The van der Waals surface area contributed by atoms with Crippen LogP contribution in [0.2, 0.25) is 0 Å². The summed E-state index contributed by atoms with van der Waals surface area (Å²) >= 11 is 0. The fraction of sp³-hybridized carbons (Fsp3) is 0.188. The Morgan fingerprint density at radius 1 is 1.00 bits per heavy atom. The van der Waals surface area contributed by atoms with Gasteiger partial charge in [-0.2, -0.15) is 0 Å². The van der Waals surface area contributed by atoms with Crippen LogP contribution in [0.4, 0.5) is 19.3 Å². The molecule has 2 aromatic rings. The maximum Gasteiger partial charge on any atom is 0.322 e. The first-order valence-electron chi connectivity index (χ1n) is 6.52. The Morgan fingerprint density at radius 3 is 2.00 bits per heavy atom. The third kappa shape index (κ3) is 3.78. The van der Waals surface area contributed by atoms with Crippen LogP contribution in [0, 0.1) is 11.6 Å². The number of carbonyl (C=O) groups excluding carboxylic acids is 1. The number of benzene rings is 2. The first-order chi connectivity index (χ1) is 9.97. The van der Waals surface area contributed by atoms with E-state index in [1.54, 1.807) is 19.2 Å². The molecule has 0 aliphatic carbocycles. The molecule has 3 nitrogen and oxygen atoms in total. The lowest BCUT2D eigenvalue weighted by Crippen LogP contribution is -2.33. The summed E-state index contributed by atoms with van der Waals surface area (Å²) in [5, 5.41) is 2.68. The molecule has 2 aromatic carbocycles. The molecule has 0 aromatic heterocycles. The molecule has 0 spiro atoms. The van der Waals surface area contributed by atoms with Crippen LogP contribution in [-0.4, -0.2) is 18.0 Å². The number of halogens is 2. The molecule has 0 fully saturated rings. The summed E-state index contributed by atoms with van der Waals surface area (Å²) in [6, 6.07) is 11.0. The van der Waals surface area contributed by atoms with Crippen molar-refractivity contribution in [3.63, 3.8) is 0 Å². The number of nitrogens with one attached hydrogen (secondary N) is 1. The maximum absolute atomic E-state index is 12.9. The molecule has 0 aliphatic heterocycles. The lowest BCUT2D eigenvalue weighted by Gasteiger charge is -2.25. The quantitative estimate of drug-likeness (QED) is 0.903. The van der Waals surface area contributed by atoms with Crippen molar-refractivity contribution in [1.82, 2.24) is 4.90 Å². The van der Waals surface area contributed by atoms with Crippen LogP contribution in [-0.2, 0) is 0 Å². The molecule has 0 bridgehead atoms. The molecule has 2 amide bonds. The van der Waals surface area contributed by atoms with Gasteiger partial charge in [0.1, 0.15) is 11.6 Å². The second-order valence-electron chi connectivity index (χ2n) is 4.78. The van der Waals surface area contributed by atoms with E-state index in [9.17, 15) is 13.6 Å². The summed E-state index contributed by atoms with van der Waals surface area (Å²) in [4.78, 5) is 13.6. The third-order valence-electron chi connectivity index (χ3n) is 3.35. The Kier molecular flexibility index (Phi) is 4.52. The van der Waals surface area contributed by atoms with Crippen LogP contribution in [0.1, 0.15) is 18.5 Å². The van der Waals surface area contributed by atoms with Crippen LogP contribution in [0.3, 0.4) is 0 Å². The van der Waals surface area contributed by atoms with E-state index in [1.165, 1.54) is 41.3 Å². The van der Waals surface area contributed by atoms with Gasteiger partial charge in [-0.1, -0.05) is 12.1 Å². The van der Waals surface area contributed by atoms with Gasteiger partial charge in [0.05, 0.1) is 6.04 Å². The molecule has 0 heterocycles. The number of hydrogen-bond donors (Lipinski definition) is 1. The largest absolute Gasteiger partial charge is 0.322 e. The van der Waals surface area contributed by atoms with Crippen molar-refractivity contribution in [3.8, 4) is 0 Å². The van der Waals surface area contributed by atoms with Crippen LogP contribution in [0.25, 0.3) is 0 Å². The van der Waals surface area contributed by atoms with Crippen molar-refractivity contribution in [2.45, 2.75) is 13.0 Å². The number of rotatable bonds is 3. The van der Waals surface area contributed by atoms with Gasteiger partial charge >= 0.3 is 6.03 Å². The molecule has 21 heavy (non-hydrogen) atoms. The number of urea groups is 1. The molecular formula is C16H16F2N2O. The number of carbonyl (C=O) groups is 1. The summed E-state index contributed by atoms with van der Waals surface area (Å²) in [6.07, 6.45) is 0. The molecule has 2 rings (SSSR count). The molecule has 1 N–H and O–H groups in total. The summed E-state index contributed by atoms with van der Waals surface area (Å²) in [5.74, 6) is -0.676. The second kappa shape index (κ2) is 6.35. The van der Waals surface area contributed by atoms with E-state index >= 15 is 0 Å². The number of amides is 2. The van der Waals surface area contributed by atoms with E-state index in [1.807, 2.05) is 6.92 Å². The normalized spacial score (nSPS) is 11.8. The molecule has 0 radical (unpaired) electrons. The highest BCUT2D eigenvalue weighted by molar-refractivity contribution is 5.89. The van der Waals surface area contributed by atoms with Gasteiger partial charge in [0.15, 0.2) is 0 Å². The summed E-state index contributed by atoms with van der Waals surface area (Å²) in [7, 11) is 1.65. The molecule has 0 saturated carbocycles. The zero-order valence-electron chi connectivity index (χ0n) is 11.8. The Labute approximate surface area is 122 Å². The van der Waals surface area contributed by atoms with Gasteiger partial charge in [-0.05, 0) is 48.9 Å². The molecule has 110 valence electrons. The van der Waals surface area contributed by atoms with Gasteiger partial charge in [-0.15, -0.1) is 0 Å². The average molecular weight is 290 g/mol. The molecule has 1 atom stereocenters.